The highest BCUT2D eigenvalue weighted by Gasteiger charge is 2.22. The van der Waals surface area contributed by atoms with Gasteiger partial charge in [0.2, 0.25) is 0 Å². The molecule has 1 aliphatic carbocycles. The predicted molar refractivity (Wildman–Crippen MR) is 69.3 cm³/mol. The molecule has 0 saturated heterocycles. The van der Waals surface area contributed by atoms with E-state index in [1.807, 2.05) is 19.1 Å². The SMILES string of the molecule is Cc1ccc(C(N)C2CCCCCC2)c(F)c1. The summed E-state index contributed by atoms with van der Waals surface area (Å²) in [5.74, 6) is 0.316. The van der Waals surface area contributed by atoms with Crippen molar-refractivity contribution in [3.05, 3.63) is 35.1 Å². The van der Waals surface area contributed by atoms with E-state index in [-0.39, 0.29) is 11.9 Å². The first-order chi connectivity index (χ1) is 8.18. The molecule has 0 amide bonds. The van der Waals surface area contributed by atoms with Crippen molar-refractivity contribution >= 4 is 0 Å². The summed E-state index contributed by atoms with van der Waals surface area (Å²) in [7, 11) is 0. The van der Waals surface area contributed by atoms with Crippen LogP contribution < -0.4 is 5.73 Å². The van der Waals surface area contributed by atoms with E-state index in [2.05, 4.69) is 0 Å². The Hall–Kier alpha value is -0.890. The summed E-state index contributed by atoms with van der Waals surface area (Å²) in [5, 5.41) is 0. The molecule has 1 nitrogen and oxygen atoms in total. The van der Waals surface area contributed by atoms with Crippen LogP contribution in [0.4, 0.5) is 4.39 Å². The van der Waals surface area contributed by atoms with E-state index in [0.717, 1.165) is 18.4 Å². The molecular weight excluding hydrogens is 213 g/mol. The molecule has 1 aromatic carbocycles. The number of hydrogen-bond acceptors (Lipinski definition) is 1. The van der Waals surface area contributed by atoms with Crippen LogP contribution in [0.1, 0.15) is 55.7 Å². The first-order valence-electron chi connectivity index (χ1n) is 6.70. The molecule has 0 spiro atoms. The zero-order chi connectivity index (χ0) is 12.3. The molecule has 2 rings (SSSR count). The average molecular weight is 235 g/mol. The number of rotatable bonds is 2. The van der Waals surface area contributed by atoms with Crippen molar-refractivity contribution in [2.45, 2.75) is 51.5 Å². The second kappa shape index (κ2) is 5.63. The fourth-order valence-electron chi connectivity index (χ4n) is 2.83. The third kappa shape index (κ3) is 3.06. The third-order valence-corrected chi connectivity index (χ3v) is 3.92. The van der Waals surface area contributed by atoms with Gasteiger partial charge in [-0.25, -0.2) is 4.39 Å². The quantitative estimate of drug-likeness (QED) is 0.767. The van der Waals surface area contributed by atoms with Crippen LogP contribution >= 0.6 is 0 Å². The minimum Gasteiger partial charge on any atom is -0.324 e. The molecule has 1 aliphatic rings. The maximum Gasteiger partial charge on any atom is 0.128 e. The van der Waals surface area contributed by atoms with Crippen molar-refractivity contribution < 1.29 is 4.39 Å². The summed E-state index contributed by atoms with van der Waals surface area (Å²) >= 11 is 0. The van der Waals surface area contributed by atoms with Gasteiger partial charge in [-0.15, -0.1) is 0 Å². The summed E-state index contributed by atoms with van der Waals surface area (Å²) in [6, 6.07) is 5.27. The maximum atomic E-state index is 13.9. The van der Waals surface area contributed by atoms with Gasteiger partial charge >= 0.3 is 0 Å². The molecule has 0 aliphatic heterocycles. The Morgan fingerprint density at radius 1 is 1.18 bits per heavy atom. The van der Waals surface area contributed by atoms with E-state index in [9.17, 15) is 4.39 Å². The summed E-state index contributed by atoms with van der Waals surface area (Å²) in [5.41, 5.74) is 7.90. The molecule has 1 fully saturated rings. The van der Waals surface area contributed by atoms with Crippen molar-refractivity contribution in [1.82, 2.24) is 0 Å². The van der Waals surface area contributed by atoms with Gasteiger partial charge in [0.25, 0.3) is 0 Å². The first-order valence-corrected chi connectivity index (χ1v) is 6.70. The largest absolute Gasteiger partial charge is 0.324 e. The highest BCUT2D eigenvalue weighted by atomic mass is 19.1. The normalized spacial score (nSPS) is 19.9. The number of halogens is 1. The van der Waals surface area contributed by atoms with E-state index in [1.165, 1.54) is 25.7 Å². The summed E-state index contributed by atoms with van der Waals surface area (Å²) in [6.45, 7) is 1.91. The van der Waals surface area contributed by atoms with Gasteiger partial charge in [0, 0.05) is 11.6 Å². The number of benzene rings is 1. The highest BCUT2D eigenvalue weighted by molar-refractivity contribution is 5.26. The molecule has 94 valence electrons. The average Bonchev–Trinajstić information content (AvgIpc) is 2.56. The van der Waals surface area contributed by atoms with Crippen LogP contribution in [0.3, 0.4) is 0 Å². The molecule has 1 aromatic rings. The Kier molecular flexibility index (Phi) is 4.16. The molecule has 2 heteroatoms. The van der Waals surface area contributed by atoms with Crippen molar-refractivity contribution in [2.75, 3.05) is 0 Å². The van der Waals surface area contributed by atoms with Crippen LogP contribution in [0.15, 0.2) is 18.2 Å². The van der Waals surface area contributed by atoms with Crippen LogP contribution in [-0.4, -0.2) is 0 Å². The van der Waals surface area contributed by atoms with Crippen molar-refractivity contribution in [1.29, 1.82) is 0 Å². The minimum atomic E-state index is -0.137. The lowest BCUT2D eigenvalue weighted by atomic mass is 9.87. The molecule has 0 bridgehead atoms. The van der Waals surface area contributed by atoms with Gasteiger partial charge in [0.05, 0.1) is 0 Å². The Labute approximate surface area is 103 Å². The summed E-state index contributed by atoms with van der Waals surface area (Å²) in [4.78, 5) is 0. The molecule has 1 atom stereocenters. The lowest BCUT2D eigenvalue weighted by molar-refractivity contribution is 0.373. The Bertz CT molecular complexity index is 367. The van der Waals surface area contributed by atoms with Gasteiger partial charge in [-0.3, -0.25) is 0 Å². The monoisotopic (exact) mass is 235 g/mol. The first kappa shape index (κ1) is 12.6. The smallest absolute Gasteiger partial charge is 0.128 e. The van der Waals surface area contributed by atoms with Gasteiger partial charge < -0.3 is 5.73 Å². The summed E-state index contributed by atoms with van der Waals surface area (Å²) < 4.78 is 13.9. The fourth-order valence-corrected chi connectivity index (χ4v) is 2.83. The number of hydrogen-bond donors (Lipinski definition) is 1. The molecule has 1 unspecified atom stereocenters. The topological polar surface area (TPSA) is 26.0 Å². The van der Waals surface area contributed by atoms with Crippen LogP contribution in [0.25, 0.3) is 0 Å². The molecule has 0 aromatic heterocycles. The molecule has 0 radical (unpaired) electrons. The molecule has 2 N–H and O–H groups in total. The van der Waals surface area contributed by atoms with E-state index in [4.69, 9.17) is 5.73 Å². The lowest BCUT2D eigenvalue weighted by Gasteiger charge is -2.23. The second-order valence-corrected chi connectivity index (χ2v) is 5.30. The minimum absolute atomic E-state index is 0.131. The van der Waals surface area contributed by atoms with Gasteiger partial charge in [0.15, 0.2) is 0 Å². The molecular formula is C15H22FN. The van der Waals surface area contributed by atoms with Crippen molar-refractivity contribution in [2.24, 2.45) is 11.7 Å². The lowest BCUT2D eigenvalue weighted by Crippen LogP contribution is -2.22. The number of nitrogens with two attached hydrogens (primary N) is 1. The second-order valence-electron chi connectivity index (χ2n) is 5.30. The number of aryl methyl sites for hydroxylation is 1. The van der Waals surface area contributed by atoms with Crippen molar-refractivity contribution in [3.8, 4) is 0 Å². The van der Waals surface area contributed by atoms with Crippen molar-refractivity contribution in [3.63, 3.8) is 0 Å². The third-order valence-electron chi connectivity index (χ3n) is 3.92. The van der Waals surface area contributed by atoms with Gasteiger partial charge in [-0.05, 0) is 37.3 Å². The Balaban J connectivity index is 2.14. The Morgan fingerprint density at radius 3 is 2.41 bits per heavy atom. The van der Waals surface area contributed by atoms with Gasteiger partial charge in [-0.2, -0.15) is 0 Å². The maximum absolute atomic E-state index is 13.9. The Morgan fingerprint density at radius 2 is 1.82 bits per heavy atom. The molecule has 0 heterocycles. The standard InChI is InChI=1S/C15H22FN/c1-11-8-9-13(14(16)10-11)15(17)12-6-4-2-3-5-7-12/h8-10,12,15H,2-7,17H2,1H3. The van der Waals surface area contributed by atoms with E-state index < -0.39 is 0 Å². The van der Waals surface area contributed by atoms with Crippen LogP contribution in [-0.2, 0) is 0 Å². The zero-order valence-corrected chi connectivity index (χ0v) is 10.6. The highest BCUT2D eigenvalue weighted by Crippen LogP contribution is 2.33. The van der Waals surface area contributed by atoms with Gasteiger partial charge in [0.1, 0.15) is 5.82 Å². The van der Waals surface area contributed by atoms with E-state index in [1.54, 1.807) is 6.07 Å². The van der Waals surface area contributed by atoms with Crippen LogP contribution in [0.5, 0.6) is 0 Å². The fraction of sp³-hybridized carbons (Fsp3) is 0.600. The van der Waals surface area contributed by atoms with E-state index >= 15 is 0 Å². The van der Waals surface area contributed by atoms with Gasteiger partial charge in [-0.1, -0.05) is 37.8 Å². The zero-order valence-electron chi connectivity index (χ0n) is 10.6. The predicted octanol–water partition coefficient (Wildman–Crippen LogP) is 4.10. The summed E-state index contributed by atoms with van der Waals surface area (Å²) in [6.07, 6.45) is 7.39. The molecule has 17 heavy (non-hydrogen) atoms. The van der Waals surface area contributed by atoms with E-state index in [0.29, 0.717) is 11.5 Å². The molecule has 1 saturated carbocycles. The van der Waals surface area contributed by atoms with Crippen LogP contribution in [0, 0.1) is 18.7 Å². The van der Waals surface area contributed by atoms with Crippen LogP contribution in [0.2, 0.25) is 0 Å².